The molecule has 0 radical (unpaired) electrons. The quantitative estimate of drug-likeness (QED) is 0.661. The summed E-state index contributed by atoms with van der Waals surface area (Å²) < 4.78 is 0. The van der Waals surface area contributed by atoms with E-state index in [9.17, 15) is 0 Å². The summed E-state index contributed by atoms with van der Waals surface area (Å²) in [5.41, 5.74) is 1.07. The summed E-state index contributed by atoms with van der Waals surface area (Å²) in [4.78, 5) is 0. The lowest BCUT2D eigenvalue weighted by atomic mass is 10.0. The molecule has 0 aromatic rings. The average molecular weight is 188 g/mol. The van der Waals surface area contributed by atoms with Crippen molar-refractivity contribution in [2.75, 3.05) is 13.1 Å². The second-order valence-corrected chi connectivity index (χ2v) is 3.69. The van der Waals surface area contributed by atoms with Crippen molar-refractivity contribution in [1.82, 2.24) is 5.32 Å². The molecule has 2 aliphatic rings. The molecule has 2 rings (SSSR count). The van der Waals surface area contributed by atoms with E-state index < -0.39 is 0 Å². The highest BCUT2D eigenvalue weighted by molar-refractivity contribution is 5.36. The van der Waals surface area contributed by atoms with Crippen molar-refractivity contribution in [2.45, 2.75) is 25.3 Å². The molecule has 14 heavy (non-hydrogen) atoms. The minimum Gasteiger partial charge on any atom is -0.711 e. The molecular weight excluding hydrogens is 172 g/mol. The van der Waals surface area contributed by atoms with E-state index in [4.69, 9.17) is 0 Å². The maximum Gasteiger partial charge on any atom is 0.0252 e. The molecule has 2 heterocycles. The maximum atomic E-state index is 4.32. The molecule has 0 bridgehead atoms. The summed E-state index contributed by atoms with van der Waals surface area (Å²) >= 11 is 0. The van der Waals surface area contributed by atoms with E-state index >= 15 is 0 Å². The van der Waals surface area contributed by atoms with Crippen LogP contribution in [0.4, 0.5) is 0 Å². The van der Waals surface area contributed by atoms with E-state index in [-0.39, 0.29) is 0 Å². The summed E-state index contributed by atoms with van der Waals surface area (Å²) in [6.07, 6.45) is 15.2. The van der Waals surface area contributed by atoms with Crippen molar-refractivity contribution in [3.05, 3.63) is 41.4 Å². The van der Waals surface area contributed by atoms with Crippen LogP contribution in [0.2, 0.25) is 0 Å². The molecule has 0 saturated carbocycles. The second-order valence-electron chi connectivity index (χ2n) is 3.69. The molecule has 2 aliphatic heterocycles. The van der Waals surface area contributed by atoms with Crippen LogP contribution in [0.1, 0.15) is 19.3 Å². The van der Waals surface area contributed by atoms with Crippen LogP contribution < -0.4 is 5.32 Å². The molecule has 76 valence electrons. The van der Waals surface area contributed by atoms with Gasteiger partial charge in [-0.1, -0.05) is 18.6 Å². The smallest absolute Gasteiger partial charge is 0.0252 e. The molecule has 0 aromatic carbocycles. The zero-order chi connectivity index (χ0) is 9.64. The molecule has 1 N–H and O–H groups in total. The molecule has 2 heteroatoms. The first-order valence-corrected chi connectivity index (χ1v) is 5.31. The predicted octanol–water partition coefficient (Wildman–Crippen LogP) is 2.32. The van der Waals surface area contributed by atoms with Crippen molar-refractivity contribution in [3.63, 3.8) is 0 Å². The van der Waals surface area contributed by atoms with Gasteiger partial charge in [-0.15, -0.1) is 0 Å². The average Bonchev–Trinajstić information content (AvgIpc) is 2.29. The lowest BCUT2D eigenvalue weighted by Gasteiger charge is -2.31. The third kappa shape index (κ3) is 2.74. The lowest BCUT2D eigenvalue weighted by molar-refractivity contribution is 0.454. The summed E-state index contributed by atoms with van der Waals surface area (Å²) in [5, 5.41) is 7.80. The normalized spacial score (nSPS) is 27.4. The highest BCUT2D eigenvalue weighted by Crippen LogP contribution is 2.14. The Hall–Kier alpha value is -1.02. The van der Waals surface area contributed by atoms with Crippen molar-refractivity contribution < 1.29 is 0 Å². The van der Waals surface area contributed by atoms with Gasteiger partial charge >= 0.3 is 0 Å². The van der Waals surface area contributed by atoms with Gasteiger partial charge in [0.05, 0.1) is 0 Å². The van der Waals surface area contributed by atoms with Crippen LogP contribution in [0.15, 0.2) is 30.0 Å². The zero-order valence-electron chi connectivity index (χ0n) is 8.37. The number of piperidine rings is 1. The van der Waals surface area contributed by atoms with Crippen molar-refractivity contribution in [2.24, 2.45) is 0 Å². The van der Waals surface area contributed by atoms with Crippen LogP contribution in [-0.4, -0.2) is 19.1 Å². The molecule has 2 nitrogen and oxygen atoms in total. The largest absolute Gasteiger partial charge is 0.711 e. The standard InChI is InChI=1S/C12H16N2/c1-3-9-13-11(5-1)7-8-12-6-2-4-10-14-12/h1,5,7-8,12,14H,2,4,6,9-10H2/q-2. The van der Waals surface area contributed by atoms with Gasteiger partial charge in [0.2, 0.25) is 0 Å². The molecule has 0 aliphatic carbocycles. The van der Waals surface area contributed by atoms with Gasteiger partial charge in [-0.05, 0) is 19.4 Å². The highest BCUT2D eigenvalue weighted by Gasteiger charge is 2.07. The fourth-order valence-electron chi connectivity index (χ4n) is 1.75. The first kappa shape index (κ1) is 9.53. The molecule has 1 atom stereocenters. The van der Waals surface area contributed by atoms with Gasteiger partial charge in [0, 0.05) is 6.04 Å². The van der Waals surface area contributed by atoms with Gasteiger partial charge in [-0.25, -0.2) is 17.8 Å². The van der Waals surface area contributed by atoms with Crippen molar-refractivity contribution in [3.8, 4) is 0 Å². The third-order valence-electron chi connectivity index (χ3n) is 2.57. The number of hydrogen-bond acceptors (Lipinski definition) is 1. The Morgan fingerprint density at radius 2 is 2.50 bits per heavy atom. The van der Waals surface area contributed by atoms with Gasteiger partial charge in [0.15, 0.2) is 0 Å². The Labute approximate surface area is 85.8 Å². The van der Waals surface area contributed by atoms with Crippen LogP contribution in [-0.2, 0) is 0 Å². The van der Waals surface area contributed by atoms with Crippen LogP contribution >= 0.6 is 0 Å². The predicted molar refractivity (Wildman–Crippen MR) is 58.9 cm³/mol. The maximum absolute atomic E-state index is 4.32. The van der Waals surface area contributed by atoms with E-state index in [2.05, 4.69) is 28.9 Å². The van der Waals surface area contributed by atoms with E-state index in [1.54, 1.807) is 0 Å². The van der Waals surface area contributed by atoms with Gasteiger partial charge in [0.1, 0.15) is 0 Å². The summed E-state index contributed by atoms with van der Waals surface area (Å²) in [6, 6.07) is 0.551. The van der Waals surface area contributed by atoms with Gasteiger partial charge in [-0.3, -0.25) is 6.08 Å². The number of nitrogens with zero attached hydrogens (tertiary/aromatic N) is 1. The Morgan fingerprint density at radius 3 is 3.21 bits per heavy atom. The van der Waals surface area contributed by atoms with E-state index in [1.807, 2.05) is 12.2 Å². The fraction of sp³-hybridized carbons (Fsp3) is 0.500. The lowest BCUT2D eigenvalue weighted by Crippen LogP contribution is -2.32. The number of nitrogens with one attached hydrogen (secondary N) is 1. The summed E-state index contributed by atoms with van der Waals surface area (Å²) in [6.45, 7) is 1.85. The van der Waals surface area contributed by atoms with Gasteiger partial charge in [0.25, 0.3) is 0 Å². The van der Waals surface area contributed by atoms with E-state index in [0.29, 0.717) is 12.6 Å². The molecule has 1 saturated heterocycles. The van der Waals surface area contributed by atoms with Crippen LogP contribution in [0.25, 0.3) is 5.32 Å². The zero-order valence-corrected chi connectivity index (χ0v) is 8.37. The number of rotatable bonds is 2. The molecule has 0 spiro atoms. The Balaban J connectivity index is 1.85. The van der Waals surface area contributed by atoms with E-state index in [0.717, 1.165) is 12.2 Å². The van der Waals surface area contributed by atoms with Gasteiger partial charge in [-0.2, -0.15) is 6.54 Å². The Morgan fingerprint density at radius 1 is 1.50 bits per heavy atom. The fourth-order valence-corrected chi connectivity index (χ4v) is 1.75. The summed E-state index contributed by atoms with van der Waals surface area (Å²) in [5.74, 6) is 0. The van der Waals surface area contributed by atoms with Gasteiger partial charge < -0.3 is 10.6 Å². The molecule has 0 amide bonds. The minimum absolute atomic E-state index is 0.551. The Kier molecular flexibility index (Phi) is 3.41. The SMILES string of the molecule is [C-]1=CC=C(C=CC2CCCCN2)[N-]C1. The third-order valence-corrected chi connectivity index (χ3v) is 2.57. The molecule has 0 aromatic heterocycles. The van der Waals surface area contributed by atoms with Crippen molar-refractivity contribution >= 4 is 0 Å². The Bertz CT molecular complexity index is 257. The van der Waals surface area contributed by atoms with Crippen LogP contribution in [0.5, 0.6) is 0 Å². The van der Waals surface area contributed by atoms with Crippen LogP contribution in [0.3, 0.4) is 0 Å². The summed E-state index contributed by atoms with van der Waals surface area (Å²) in [7, 11) is 0. The minimum atomic E-state index is 0.551. The second kappa shape index (κ2) is 5.01. The molecular formula is C12H16N2-2. The monoisotopic (exact) mass is 188 g/mol. The first-order valence-electron chi connectivity index (χ1n) is 5.31. The first-order chi connectivity index (χ1) is 6.95. The number of hydrogen-bond donors (Lipinski definition) is 1. The van der Waals surface area contributed by atoms with Crippen molar-refractivity contribution in [1.29, 1.82) is 0 Å². The van der Waals surface area contributed by atoms with E-state index in [1.165, 1.54) is 19.3 Å². The molecule has 1 unspecified atom stereocenters. The van der Waals surface area contributed by atoms with Crippen LogP contribution in [0, 0.1) is 6.08 Å². The number of allylic oxidation sites excluding steroid dienone is 3. The molecule has 1 fully saturated rings. The topological polar surface area (TPSA) is 26.1 Å². The highest BCUT2D eigenvalue weighted by atomic mass is 14.9.